The maximum absolute atomic E-state index is 13.3. The van der Waals surface area contributed by atoms with Crippen LogP contribution in [0, 0.1) is 6.92 Å². The number of phenolic OH excluding ortho intramolecular Hbond substituents is 1. The largest absolute Gasteiger partial charge is 0.508 e. The number of rotatable bonds is 9. The molecule has 1 saturated heterocycles. The second-order valence-electron chi connectivity index (χ2n) is 9.16. The zero-order valence-electron chi connectivity index (χ0n) is 20.4. The van der Waals surface area contributed by atoms with Crippen molar-refractivity contribution in [1.29, 1.82) is 0 Å². The van der Waals surface area contributed by atoms with Gasteiger partial charge in [0.25, 0.3) is 0 Å². The maximum atomic E-state index is 13.3. The quantitative estimate of drug-likeness (QED) is 0.258. The SMILES string of the molecule is CCC(C(N)=O)(c1cc(NC2CNC2)ccc1C)n1cccc2nc(SCc3ccc(O)cc3)nc1-2. The molecule has 0 spiro atoms. The van der Waals surface area contributed by atoms with Gasteiger partial charge in [-0.2, -0.15) is 0 Å². The summed E-state index contributed by atoms with van der Waals surface area (Å²) >= 11 is 1.51. The van der Waals surface area contributed by atoms with E-state index < -0.39 is 11.4 Å². The van der Waals surface area contributed by atoms with Crippen molar-refractivity contribution in [2.75, 3.05) is 18.4 Å². The highest BCUT2D eigenvalue weighted by Gasteiger charge is 2.42. The lowest BCUT2D eigenvalue weighted by atomic mass is 9.82. The van der Waals surface area contributed by atoms with Gasteiger partial charge in [0.2, 0.25) is 5.91 Å². The van der Waals surface area contributed by atoms with Gasteiger partial charge >= 0.3 is 0 Å². The van der Waals surface area contributed by atoms with E-state index in [9.17, 15) is 9.90 Å². The smallest absolute Gasteiger partial charge is 0.248 e. The lowest BCUT2D eigenvalue weighted by molar-refractivity contribution is -0.124. The fourth-order valence-electron chi connectivity index (χ4n) is 4.72. The molecule has 3 aliphatic heterocycles. The van der Waals surface area contributed by atoms with E-state index in [-0.39, 0.29) is 5.75 Å². The molecule has 1 unspecified atom stereocenters. The molecule has 0 aromatic heterocycles. The van der Waals surface area contributed by atoms with Crippen LogP contribution in [0.3, 0.4) is 0 Å². The minimum atomic E-state index is -1.12. The van der Waals surface area contributed by atoms with Crippen LogP contribution in [0.2, 0.25) is 0 Å². The number of hydrogen-bond donors (Lipinski definition) is 4. The molecule has 0 bridgehead atoms. The predicted molar refractivity (Wildman–Crippen MR) is 142 cm³/mol. The Morgan fingerprint density at radius 2 is 2.00 bits per heavy atom. The first-order chi connectivity index (χ1) is 17.4. The molecule has 186 valence electrons. The fraction of sp³-hybridized carbons (Fsp3) is 0.296. The molecular formula is C27H30N6O2S. The number of imidazole rings is 1. The molecule has 3 heterocycles. The van der Waals surface area contributed by atoms with Crippen LogP contribution in [-0.2, 0) is 16.1 Å². The van der Waals surface area contributed by atoms with Crippen LogP contribution in [0.5, 0.6) is 5.75 Å². The highest BCUT2D eigenvalue weighted by Crippen LogP contribution is 2.38. The molecule has 1 amide bonds. The first-order valence-corrected chi connectivity index (χ1v) is 13.0. The zero-order chi connectivity index (χ0) is 25.3. The van der Waals surface area contributed by atoms with E-state index in [0.717, 1.165) is 35.5 Å². The topological polar surface area (TPSA) is 118 Å². The average Bonchev–Trinajstić information content (AvgIpc) is 3.27. The van der Waals surface area contributed by atoms with Gasteiger partial charge in [0.15, 0.2) is 11.0 Å². The van der Waals surface area contributed by atoms with Gasteiger partial charge in [0, 0.05) is 30.7 Å². The molecule has 3 aliphatic rings. The first kappa shape index (κ1) is 24.1. The molecule has 5 N–H and O–H groups in total. The molecule has 1 fully saturated rings. The third-order valence-electron chi connectivity index (χ3n) is 6.83. The Morgan fingerprint density at radius 1 is 1.22 bits per heavy atom. The number of nitrogens with two attached hydrogens (primary N) is 1. The maximum Gasteiger partial charge on any atom is 0.248 e. The highest BCUT2D eigenvalue weighted by molar-refractivity contribution is 7.98. The van der Waals surface area contributed by atoms with Gasteiger partial charge < -0.3 is 26.0 Å². The Bertz CT molecular complexity index is 1350. The number of pyridine rings is 1. The Morgan fingerprint density at radius 3 is 2.67 bits per heavy atom. The molecule has 5 rings (SSSR count). The Labute approximate surface area is 214 Å². The Kier molecular flexibility index (Phi) is 6.59. The molecule has 0 radical (unpaired) electrons. The third kappa shape index (κ3) is 4.40. The van der Waals surface area contributed by atoms with Crippen molar-refractivity contribution >= 4 is 23.4 Å². The Balaban J connectivity index is 1.54. The number of phenols is 1. The molecule has 9 heteroatoms. The van der Waals surface area contributed by atoms with Gasteiger partial charge in [-0.1, -0.05) is 36.9 Å². The number of carbonyl (C=O) groups excluding carboxylic acids is 1. The summed E-state index contributed by atoms with van der Waals surface area (Å²) < 4.78 is 1.89. The number of carbonyl (C=O) groups is 1. The van der Waals surface area contributed by atoms with Crippen LogP contribution in [0.1, 0.15) is 30.0 Å². The van der Waals surface area contributed by atoms with Crippen molar-refractivity contribution in [3.05, 3.63) is 77.5 Å². The Hall–Kier alpha value is -3.56. The van der Waals surface area contributed by atoms with Crippen molar-refractivity contribution in [2.45, 2.75) is 42.8 Å². The zero-order valence-corrected chi connectivity index (χ0v) is 21.2. The number of benzene rings is 2. The van der Waals surface area contributed by atoms with Crippen molar-refractivity contribution in [1.82, 2.24) is 19.9 Å². The van der Waals surface area contributed by atoms with E-state index >= 15 is 0 Å². The molecule has 2 aromatic carbocycles. The minimum Gasteiger partial charge on any atom is -0.508 e. The summed E-state index contributed by atoms with van der Waals surface area (Å²) in [6, 6.07) is 17.4. The summed E-state index contributed by atoms with van der Waals surface area (Å²) in [5.41, 5.74) is 9.63. The number of nitrogens with zero attached hydrogens (tertiary/aromatic N) is 3. The van der Waals surface area contributed by atoms with E-state index in [0.29, 0.717) is 34.9 Å². The van der Waals surface area contributed by atoms with Gasteiger partial charge in [0.1, 0.15) is 17.0 Å². The lowest BCUT2D eigenvalue weighted by Gasteiger charge is -2.36. The van der Waals surface area contributed by atoms with Gasteiger partial charge in [-0.15, -0.1) is 0 Å². The van der Waals surface area contributed by atoms with Crippen molar-refractivity contribution in [3.8, 4) is 17.3 Å². The monoisotopic (exact) mass is 502 g/mol. The molecule has 1 atom stereocenters. The number of hydrogen-bond acceptors (Lipinski definition) is 7. The molecule has 2 aromatic rings. The van der Waals surface area contributed by atoms with Crippen molar-refractivity contribution < 1.29 is 9.90 Å². The van der Waals surface area contributed by atoms with Crippen LogP contribution in [0.15, 0.2) is 66.0 Å². The average molecular weight is 503 g/mol. The summed E-state index contributed by atoms with van der Waals surface area (Å²) in [6.07, 6.45) is 2.33. The lowest BCUT2D eigenvalue weighted by Crippen LogP contribution is -2.51. The van der Waals surface area contributed by atoms with Crippen LogP contribution >= 0.6 is 11.8 Å². The number of primary amides is 1. The second kappa shape index (κ2) is 9.83. The van der Waals surface area contributed by atoms with Crippen LogP contribution in [-0.4, -0.2) is 44.7 Å². The summed E-state index contributed by atoms with van der Waals surface area (Å²) in [7, 11) is 0. The predicted octanol–water partition coefficient (Wildman–Crippen LogP) is 3.71. The van der Waals surface area contributed by atoms with Gasteiger partial charge in [-0.25, -0.2) is 9.97 Å². The van der Waals surface area contributed by atoms with Crippen LogP contribution < -0.4 is 16.4 Å². The molecule has 0 aliphatic carbocycles. The molecule has 0 saturated carbocycles. The van der Waals surface area contributed by atoms with E-state index in [2.05, 4.69) is 10.6 Å². The number of thioether (sulfide) groups is 1. The number of aromatic hydroxyl groups is 1. The minimum absolute atomic E-state index is 0.237. The summed E-state index contributed by atoms with van der Waals surface area (Å²) in [6.45, 7) is 5.82. The normalized spacial score (nSPS) is 15.4. The highest BCUT2D eigenvalue weighted by atomic mass is 32.2. The number of nitrogens with one attached hydrogen (secondary N) is 2. The van der Waals surface area contributed by atoms with E-state index in [4.69, 9.17) is 15.7 Å². The number of amides is 1. The van der Waals surface area contributed by atoms with Crippen LogP contribution in [0.25, 0.3) is 11.5 Å². The van der Waals surface area contributed by atoms with Crippen LogP contribution in [0.4, 0.5) is 5.69 Å². The van der Waals surface area contributed by atoms with Gasteiger partial charge in [-0.3, -0.25) is 4.79 Å². The van der Waals surface area contributed by atoms with E-state index in [1.807, 2.05) is 67.1 Å². The van der Waals surface area contributed by atoms with E-state index in [1.54, 1.807) is 12.1 Å². The third-order valence-corrected chi connectivity index (χ3v) is 7.75. The van der Waals surface area contributed by atoms with E-state index in [1.165, 1.54) is 11.8 Å². The van der Waals surface area contributed by atoms with Gasteiger partial charge in [-0.05, 0) is 66.4 Å². The molecular weight excluding hydrogens is 472 g/mol. The molecule has 8 nitrogen and oxygen atoms in total. The standard InChI is InChI=1S/C27H30N6O2S/c1-3-27(25(28)35,22-13-19(9-6-17(22)2)30-20-14-29-15-20)33-12-4-5-23-24(33)32-26(31-23)36-16-18-7-10-21(34)11-8-18/h4-13,20,29-30,34H,3,14-16H2,1-2H3,(H2,28,35). The molecule has 36 heavy (non-hydrogen) atoms. The number of aromatic nitrogens is 3. The summed E-state index contributed by atoms with van der Waals surface area (Å²) in [5, 5.41) is 17.0. The second-order valence-corrected chi connectivity index (χ2v) is 10.1. The summed E-state index contributed by atoms with van der Waals surface area (Å²) in [4.78, 5) is 22.8. The number of aryl methyl sites for hydroxylation is 1. The fourth-order valence-corrected chi connectivity index (χ4v) is 5.52. The van der Waals surface area contributed by atoms with Gasteiger partial charge in [0.05, 0.1) is 6.04 Å². The summed E-state index contributed by atoms with van der Waals surface area (Å²) in [5.74, 6) is 1.08. The van der Waals surface area contributed by atoms with Crippen molar-refractivity contribution in [2.24, 2.45) is 5.73 Å². The first-order valence-electron chi connectivity index (χ1n) is 12.1. The number of anilines is 1. The number of fused-ring (bicyclic) bond motifs is 1. The van der Waals surface area contributed by atoms with Crippen molar-refractivity contribution in [3.63, 3.8) is 0 Å².